The Morgan fingerprint density at radius 3 is 2.86 bits per heavy atom. The molecule has 0 aromatic heterocycles. The molecule has 0 bridgehead atoms. The van der Waals surface area contributed by atoms with E-state index in [-0.39, 0.29) is 5.97 Å². The minimum Gasteiger partial charge on any atom is -0.487 e. The highest BCUT2D eigenvalue weighted by molar-refractivity contribution is 5.69. The fraction of sp³-hybridized carbons (Fsp3) is 0.875. The van der Waals surface area contributed by atoms with Crippen molar-refractivity contribution in [1.29, 1.82) is 0 Å². The topological polar surface area (TPSA) is 51.1 Å². The van der Waals surface area contributed by atoms with E-state index in [9.17, 15) is 4.79 Å². The summed E-state index contributed by atoms with van der Waals surface area (Å²) in [5.41, 5.74) is 0. The van der Waals surface area contributed by atoms with E-state index in [0.717, 1.165) is 32.4 Å². The summed E-state index contributed by atoms with van der Waals surface area (Å²) in [6, 6.07) is 0.952. The Kier molecular flexibility index (Phi) is 9.06. The maximum absolute atomic E-state index is 11.4. The lowest BCUT2D eigenvalue weighted by Gasteiger charge is -2.35. The molecule has 5 heteroatoms. The molecule has 0 heterocycles. The van der Waals surface area contributed by atoms with E-state index in [0.29, 0.717) is 25.1 Å². The Balaban J connectivity index is 2.36. The van der Waals surface area contributed by atoms with E-state index in [1.54, 1.807) is 13.5 Å². The number of carbonyl (C=O) groups is 1. The van der Waals surface area contributed by atoms with Gasteiger partial charge in [-0.15, -0.1) is 0 Å². The molecule has 0 radical (unpaired) electrons. The first-order valence-corrected chi connectivity index (χ1v) is 8.15. The van der Waals surface area contributed by atoms with E-state index in [1.807, 2.05) is 6.92 Å². The molecule has 0 aromatic rings. The Hall–Kier alpha value is -1.10. The third-order valence-electron chi connectivity index (χ3n) is 4.05. The van der Waals surface area contributed by atoms with Gasteiger partial charge in [0.15, 0.2) is 6.40 Å². The largest absolute Gasteiger partial charge is 0.487 e. The van der Waals surface area contributed by atoms with Crippen LogP contribution in [0.4, 0.5) is 0 Å². The van der Waals surface area contributed by atoms with Crippen LogP contribution >= 0.6 is 0 Å². The highest BCUT2D eigenvalue weighted by Crippen LogP contribution is 2.25. The Morgan fingerprint density at radius 2 is 2.19 bits per heavy atom. The van der Waals surface area contributed by atoms with E-state index in [4.69, 9.17) is 9.47 Å². The zero-order valence-corrected chi connectivity index (χ0v) is 13.7. The summed E-state index contributed by atoms with van der Waals surface area (Å²) in [6.07, 6.45) is 7.63. The van der Waals surface area contributed by atoms with Gasteiger partial charge in [-0.3, -0.25) is 9.79 Å². The number of rotatable bonds is 9. The van der Waals surface area contributed by atoms with Crippen LogP contribution in [0.2, 0.25) is 0 Å². The number of carbonyl (C=O) groups excluding carboxylic acids is 1. The van der Waals surface area contributed by atoms with Crippen molar-refractivity contribution < 1.29 is 14.3 Å². The quantitative estimate of drug-likeness (QED) is 0.373. The fourth-order valence-corrected chi connectivity index (χ4v) is 3.01. The molecule has 1 rings (SSSR count). The smallest absolute Gasteiger partial charge is 0.305 e. The predicted octanol–water partition coefficient (Wildman–Crippen LogP) is 2.64. The lowest BCUT2D eigenvalue weighted by atomic mass is 9.90. The second-order valence-electron chi connectivity index (χ2n) is 5.50. The maximum Gasteiger partial charge on any atom is 0.305 e. The van der Waals surface area contributed by atoms with Gasteiger partial charge in [-0.25, -0.2) is 0 Å². The van der Waals surface area contributed by atoms with Crippen molar-refractivity contribution in [3.8, 4) is 0 Å². The van der Waals surface area contributed by atoms with Crippen LogP contribution in [-0.4, -0.2) is 56.2 Å². The first-order valence-electron chi connectivity index (χ1n) is 8.15. The minimum atomic E-state index is -0.0835. The monoisotopic (exact) mass is 298 g/mol. The lowest BCUT2D eigenvalue weighted by molar-refractivity contribution is -0.143. The first-order chi connectivity index (χ1) is 10.2. The van der Waals surface area contributed by atoms with Crippen molar-refractivity contribution in [3.63, 3.8) is 0 Å². The van der Waals surface area contributed by atoms with Gasteiger partial charge >= 0.3 is 5.97 Å². The van der Waals surface area contributed by atoms with Gasteiger partial charge in [0.05, 0.1) is 19.8 Å². The van der Waals surface area contributed by atoms with Gasteiger partial charge in [0.25, 0.3) is 0 Å². The molecule has 0 N–H and O–H groups in total. The molecule has 2 atom stereocenters. The average molecular weight is 298 g/mol. The number of nitrogens with zero attached hydrogens (tertiary/aromatic N) is 2. The molecular formula is C16H30N2O3. The van der Waals surface area contributed by atoms with Crippen molar-refractivity contribution in [1.82, 2.24) is 4.90 Å². The molecule has 0 saturated heterocycles. The number of methoxy groups -OCH3 is 1. The third kappa shape index (κ3) is 6.93. The standard InChI is InChI=1S/C16H30N2O3/c1-4-18(11-7-10-16(19)21-5-2)15-9-6-8-14(12-15)17-13-20-3/h13-15H,4-12H2,1-3H3. The van der Waals surface area contributed by atoms with Crippen LogP contribution in [0.5, 0.6) is 0 Å². The molecule has 1 fully saturated rings. The Bertz CT molecular complexity index is 321. The number of hydrogen-bond acceptors (Lipinski definition) is 5. The number of hydrogen-bond donors (Lipinski definition) is 0. The van der Waals surface area contributed by atoms with Gasteiger partial charge in [-0.2, -0.15) is 0 Å². The SMILES string of the molecule is CCOC(=O)CCCN(CC)C1CCCC(N=COC)C1. The summed E-state index contributed by atoms with van der Waals surface area (Å²) in [4.78, 5) is 18.3. The van der Waals surface area contributed by atoms with Gasteiger partial charge in [-0.1, -0.05) is 6.92 Å². The van der Waals surface area contributed by atoms with Crippen molar-refractivity contribution in [2.24, 2.45) is 4.99 Å². The summed E-state index contributed by atoms with van der Waals surface area (Å²) >= 11 is 0. The molecule has 0 amide bonds. The zero-order chi connectivity index (χ0) is 15.5. The van der Waals surface area contributed by atoms with Crippen LogP contribution in [0.25, 0.3) is 0 Å². The molecule has 0 spiro atoms. The summed E-state index contributed by atoms with van der Waals surface area (Å²) in [7, 11) is 1.64. The summed E-state index contributed by atoms with van der Waals surface area (Å²) < 4.78 is 9.90. The lowest BCUT2D eigenvalue weighted by Crippen LogP contribution is -2.40. The number of aliphatic imine (C=N–C) groups is 1. The number of esters is 1. The molecule has 0 aromatic carbocycles. The highest BCUT2D eigenvalue weighted by Gasteiger charge is 2.25. The summed E-state index contributed by atoms with van der Waals surface area (Å²) in [5.74, 6) is -0.0835. The summed E-state index contributed by atoms with van der Waals surface area (Å²) in [5, 5.41) is 0. The molecule has 1 aliphatic carbocycles. The van der Waals surface area contributed by atoms with Gasteiger partial charge in [0.1, 0.15) is 0 Å². The van der Waals surface area contributed by atoms with Crippen LogP contribution in [-0.2, 0) is 14.3 Å². The van der Waals surface area contributed by atoms with Crippen molar-refractivity contribution >= 4 is 12.4 Å². The van der Waals surface area contributed by atoms with Gasteiger partial charge < -0.3 is 14.4 Å². The molecular weight excluding hydrogens is 268 g/mol. The normalized spacial score (nSPS) is 22.7. The first kappa shape index (κ1) is 18.0. The van der Waals surface area contributed by atoms with E-state index in [2.05, 4.69) is 16.8 Å². The van der Waals surface area contributed by atoms with Crippen molar-refractivity contribution in [2.45, 2.75) is 64.5 Å². The van der Waals surface area contributed by atoms with Gasteiger partial charge in [-0.05, 0) is 52.1 Å². The van der Waals surface area contributed by atoms with Crippen molar-refractivity contribution in [2.75, 3.05) is 26.8 Å². The predicted molar refractivity (Wildman–Crippen MR) is 84.7 cm³/mol. The molecule has 1 saturated carbocycles. The summed E-state index contributed by atoms with van der Waals surface area (Å²) in [6.45, 7) is 6.48. The third-order valence-corrected chi connectivity index (χ3v) is 4.05. The molecule has 0 aliphatic heterocycles. The zero-order valence-electron chi connectivity index (χ0n) is 13.7. The van der Waals surface area contributed by atoms with Crippen LogP contribution in [0.15, 0.2) is 4.99 Å². The number of ether oxygens (including phenoxy) is 2. The van der Waals surface area contributed by atoms with Gasteiger partial charge in [0, 0.05) is 12.5 Å². The molecule has 5 nitrogen and oxygen atoms in total. The minimum absolute atomic E-state index is 0.0835. The van der Waals surface area contributed by atoms with Crippen LogP contribution in [0.1, 0.15) is 52.4 Å². The van der Waals surface area contributed by atoms with Crippen molar-refractivity contribution in [3.05, 3.63) is 0 Å². The van der Waals surface area contributed by atoms with Crippen LogP contribution in [0.3, 0.4) is 0 Å². The van der Waals surface area contributed by atoms with E-state index >= 15 is 0 Å². The molecule has 2 unspecified atom stereocenters. The van der Waals surface area contributed by atoms with E-state index in [1.165, 1.54) is 12.8 Å². The van der Waals surface area contributed by atoms with Gasteiger partial charge in [0.2, 0.25) is 0 Å². The fourth-order valence-electron chi connectivity index (χ4n) is 3.01. The van der Waals surface area contributed by atoms with E-state index < -0.39 is 0 Å². The maximum atomic E-state index is 11.4. The Labute approximate surface area is 128 Å². The average Bonchev–Trinajstić information content (AvgIpc) is 2.50. The highest BCUT2D eigenvalue weighted by atomic mass is 16.5. The van der Waals surface area contributed by atoms with Crippen LogP contribution in [0, 0.1) is 0 Å². The second-order valence-corrected chi connectivity index (χ2v) is 5.50. The second kappa shape index (κ2) is 10.6. The molecule has 1 aliphatic rings. The molecule has 21 heavy (non-hydrogen) atoms. The van der Waals surface area contributed by atoms with Crippen LogP contribution < -0.4 is 0 Å². The molecule has 122 valence electrons. The Morgan fingerprint density at radius 1 is 1.38 bits per heavy atom.